The Labute approximate surface area is 113 Å². The summed E-state index contributed by atoms with van der Waals surface area (Å²) in [5, 5.41) is 11.5. The van der Waals surface area contributed by atoms with Gasteiger partial charge in [0.1, 0.15) is 6.04 Å². The van der Waals surface area contributed by atoms with Gasteiger partial charge in [0.25, 0.3) is 0 Å². The number of nitrogens with one attached hydrogen (secondary N) is 1. The number of carbonyl (C=O) groups is 2. The van der Waals surface area contributed by atoms with Crippen molar-refractivity contribution in [2.24, 2.45) is 0 Å². The molecule has 0 heterocycles. The van der Waals surface area contributed by atoms with Gasteiger partial charge < -0.3 is 24.8 Å². The maximum atomic E-state index is 12.0. The van der Waals surface area contributed by atoms with Gasteiger partial charge in [-0.3, -0.25) is 0 Å². The number of carboxylic acid groups (broad SMARTS) is 1. The SMILES string of the molecule is CCC[C@@H](NC(=O)N(CCOC)CCOC)C(=O)O. The second kappa shape index (κ2) is 10.6. The third-order valence-corrected chi connectivity index (χ3v) is 2.59. The summed E-state index contributed by atoms with van der Waals surface area (Å²) in [6.07, 6.45) is 1.09. The van der Waals surface area contributed by atoms with E-state index in [1.807, 2.05) is 6.92 Å². The average Bonchev–Trinajstić information content (AvgIpc) is 2.38. The summed E-state index contributed by atoms with van der Waals surface area (Å²) in [4.78, 5) is 24.5. The lowest BCUT2D eigenvalue weighted by Gasteiger charge is -2.24. The van der Waals surface area contributed by atoms with E-state index in [-0.39, 0.29) is 0 Å². The van der Waals surface area contributed by atoms with Gasteiger partial charge in [0, 0.05) is 27.3 Å². The minimum atomic E-state index is -1.02. The highest BCUT2D eigenvalue weighted by Crippen LogP contribution is 1.99. The molecule has 0 bridgehead atoms. The number of rotatable bonds is 10. The van der Waals surface area contributed by atoms with E-state index in [4.69, 9.17) is 14.6 Å². The minimum Gasteiger partial charge on any atom is -0.480 e. The minimum absolute atomic E-state index is 0.392. The molecular weight excluding hydrogens is 252 g/mol. The molecule has 0 fully saturated rings. The van der Waals surface area contributed by atoms with Crippen molar-refractivity contribution >= 4 is 12.0 Å². The first-order valence-corrected chi connectivity index (χ1v) is 6.32. The lowest BCUT2D eigenvalue weighted by Crippen LogP contribution is -2.49. The predicted octanol–water partition coefficient (Wildman–Crippen LogP) is 0.544. The molecule has 0 aromatic carbocycles. The van der Waals surface area contributed by atoms with Crippen molar-refractivity contribution < 1.29 is 24.2 Å². The number of urea groups is 1. The molecule has 2 amide bonds. The number of aliphatic carboxylic acids is 1. The first kappa shape index (κ1) is 17.7. The van der Waals surface area contributed by atoms with Gasteiger partial charge in [-0.1, -0.05) is 13.3 Å². The molecule has 0 spiro atoms. The molecule has 0 aliphatic carbocycles. The highest BCUT2D eigenvalue weighted by atomic mass is 16.5. The van der Waals surface area contributed by atoms with Crippen molar-refractivity contribution in [1.82, 2.24) is 10.2 Å². The zero-order valence-corrected chi connectivity index (χ0v) is 11.8. The second-order valence-electron chi connectivity index (χ2n) is 4.10. The zero-order valence-electron chi connectivity index (χ0n) is 11.8. The van der Waals surface area contributed by atoms with E-state index in [2.05, 4.69) is 5.32 Å². The van der Waals surface area contributed by atoms with Crippen LogP contribution in [-0.4, -0.2) is 68.6 Å². The van der Waals surface area contributed by atoms with Gasteiger partial charge in [0.05, 0.1) is 13.2 Å². The number of methoxy groups -OCH3 is 2. The van der Waals surface area contributed by atoms with Crippen LogP contribution in [0.3, 0.4) is 0 Å². The van der Waals surface area contributed by atoms with E-state index >= 15 is 0 Å². The highest BCUT2D eigenvalue weighted by Gasteiger charge is 2.22. The summed E-state index contributed by atoms with van der Waals surface area (Å²) in [7, 11) is 3.09. The van der Waals surface area contributed by atoms with Crippen LogP contribution in [0.5, 0.6) is 0 Å². The molecule has 0 rings (SSSR count). The molecule has 0 aliphatic rings. The van der Waals surface area contributed by atoms with Crippen LogP contribution in [0.4, 0.5) is 4.79 Å². The number of hydrogen-bond donors (Lipinski definition) is 2. The van der Waals surface area contributed by atoms with Crippen LogP contribution in [0.25, 0.3) is 0 Å². The monoisotopic (exact) mass is 276 g/mol. The topological polar surface area (TPSA) is 88.1 Å². The lowest BCUT2D eigenvalue weighted by atomic mass is 10.2. The number of hydrogen-bond acceptors (Lipinski definition) is 4. The molecule has 0 saturated heterocycles. The van der Waals surface area contributed by atoms with Gasteiger partial charge in [-0.2, -0.15) is 0 Å². The first-order chi connectivity index (χ1) is 9.06. The summed E-state index contributed by atoms with van der Waals surface area (Å²) in [5.74, 6) is -1.02. The van der Waals surface area contributed by atoms with Gasteiger partial charge in [-0.05, 0) is 6.42 Å². The van der Waals surface area contributed by atoms with E-state index in [9.17, 15) is 9.59 Å². The van der Waals surface area contributed by atoms with Crippen LogP contribution >= 0.6 is 0 Å². The van der Waals surface area contributed by atoms with Crippen molar-refractivity contribution in [3.63, 3.8) is 0 Å². The van der Waals surface area contributed by atoms with Crippen LogP contribution < -0.4 is 5.32 Å². The quantitative estimate of drug-likeness (QED) is 0.608. The highest BCUT2D eigenvalue weighted by molar-refractivity contribution is 5.82. The maximum absolute atomic E-state index is 12.0. The van der Waals surface area contributed by atoms with Crippen molar-refractivity contribution in [3.8, 4) is 0 Å². The van der Waals surface area contributed by atoms with Crippen molar-refractivity contribution in [2.75, 3.05) is 40.5 Å². The Morgan fingerprint density at radius 1 is 1.21 bits per heavy atom. The number of carbonyl (C=O) groups excluding carboxylic acids is 1. The second-order valence-corrected chi connectivity index (χ2v) is 4.10. The normalized spacial score (nSPS) is 11.9. The Morgan fingerprint density at radius 2 is 1.74 bits per heavy atom. The van der Waals surface area contributed by atoms with E-state index in [1.54, 1.807) is 14.2 Å². The van der Waals surface area contributed by atoms with Crippen molar-refractivity contribution in [2.45, 2.75) is 25.8 Å². The number of nitrogens with zero attached hydrogens (tertiary/aromatic N) is 1. The standard InChI is InChI=1S/C12H24N2O5/c1-4-5-10(11(15)16)13-12(17)14(6-8-18-2)7-9-19-3/h10H,4-9H2,1-3H3,(H,13,17)(H,15,16)/t10-/m1/s1. The smallest absolute Gasteiger partial charge is 0.326 e. The summed E-state index contributed by atoms with van der Waals surface area (Å²) < 4.78 is 9.85. The molecule has 0 radical (unpaired) electrons. The Kier molecular flexibility index (Phi) is 9.82. The van der Waals surface area contributed by atoms with E-state index in [0.29, 0.717) is 39.1 Å². The summed E-state index contributed by atoms with van der Waals surface area (Å²) >= 11 is 0. The van der Waals surface area contributed by atoms with Crippen LogP contribution in [0.15, 0.2) is 0 Å². The number of ether oxygens (including phenoxy) is 2. The number of carboxylic acids is 1. The molecule has 0 aliphatic heterocycles. The molecule has 1 atom stereocenters. The van der Waals surface area contributed by atoms with Gasteiger partial charge >= 0.3 is 12.0 Å². The van der Waals surface area contributed by atoms with Gasteiger partial charge in [-0.15, -0.1) is 0 Å². The van der Waals surface area contributed by atoms with E-state index < -0.39 is 18.0 Å². The first-order valence-electron chi connectivity index (χ1n) is 6.32. The van der Waals surface area contributed by atoms with Crippen molar-refractivity contribution in [1.29, 1.82) is 0 Å². The summed E-state index contributed by atoms with van der Waals surface area (Å²) in [5.41, 5.74) is 0. The molecule has 0 unspecified atom stereocenters. The van der Waals surface area contributed by atoms with Gasteiger partial charge in [0.2, 0.25) is 0 Å². The lowest BCUT2D eigenvalue weighted by molar-refractivity contribution is -0.139. The molecule has 7 heteroatoms. The fourth-order valence-corrected chi connectivity index (χ4v) is 1.50. The molecular formula is C12H24N2O5. The third kappa shape index (κ3) is 7.63. The molecule has 0 saturated carbocycles. The Bertz CT molecular complexity index is 265. The fourth-order valence-electron chi connectivity index (χ4n) is 1.50. The molecule has 19 heavy (non-hydrogen) atoms. The Balaban J connectivity index is 4.44. The third-order valence-electron chi connectivity index (χ3n) is 2.59. The van der Waals surface area contributed by atoms with Gasteiger partial charge in [-0.25, -0.2) is 9.59 Å². The average molecular weight is 276 g/mol. The summed E-state index contributed by atoms with van der Waals surface area (Å²) in [6, 6.07) is -1.26. The maximum Gasteiger partial charge on any atom is 0.326 e. The zero-order chi connectivity index (χ0) is 14.7. The Hall–Kier alpha value is -1.34. The Morgan fingerprint density at radius 3 is 2.11 bits per heavy atom. The molecule has 2 N–H and O–H groups in total. The van der Waals surface area contributed by atoms with Crippen LogP contribution in [0, 0.1) is 0 Å². The van der Waals surface area contributed by atoms with Crippen LogP contribution in [0.2, 0.25) is 0 Å². The van der Waals surface area contributed by atoms with E-state index in [0.717, 1.165) is 0 Å². The fraction of sp³-hybridized carbons (Fsp3) is 0.833. The van der Waals surface area contributed by atoms with Crippen LogP contribution in [0.1, 0.15) is 19.8 Å². The number of amides is 2. The molecule has 7 nitrogen and oxygen atoms in total. The van der Waals surface area contributed by atoms with E-state index in [1.165, 1.54) is 4.90 Å². The molecule has 0 aromatic heterocycles. The molecule has 112 valence electrons. The van der Waals surface area contributed by atoms with Crippen LogP contribution in [-0.2, 0) is 14.3 Å². The summed E-state index contributed by atoms with van der Waals surface area (Å²) in [6.45, 7) is 3.44. The van der Waals surface area contributed by atoms with Gasteiger partial charge in [0.15, 0.2) is 0 Å². The molecule has 0 aromatic rings. The predicted molar refractivity (Wildman–Crippen MR) is 70.2 cm³/mol. The largest absolute Gasteiger partial charge is 0.480 e. The van der Waals surface area contributed by atoms with Crippen molar-refractivity contribution in [3.05, 3.63) is 0 Å².